The number of piperidine rings is 2. The third kappa shape index (κ3) is 6.90. The highest BCUT2D eigenvalue weighted by molar-refractivity contribution is 7.21. The van der Waals surface area contributed by atoms with E-state index in [0.717, 1.165) is 113 Å². The van der Waals surface area contributed by atoms with Crippen molar-refractivity contribution in [1.82, 2.24) is 29.7 Å². The summed E-state index contributed by atoms with van der Waals surface area (Å²) >= 11 is 8.28. The zero-order chi connectivity index (χ0) is 40.5. The maximum atomic E-state index is 13.3. The number of nitrogens with one attached hydrogen (secondary N) is 3. The van der Waals surface area contributed by atoms with Gasteiger partial charge in [0.25, 0.3) is 5.91 Å². The minimum Gasteiger partial charge on any atom is -0.381 e. The lowest BCUT2D eigenvalue weighted by molar-refractivity contribution is -0.135. The quantitative estimate of drug-likeness (QED) is 0.173. The van der Waals surface area contributed by atoms with Crippen molar-refractivity contribution in [2.24, 2.45) is 13.0 Å². The number of fused-ring (bicyclic) bond motifs is 6. The van der Waals surface area contributed by atoms with Crippen LogP contribution in [0.5, 0.6) is 0 Å². The summed E-state index contributed by atoms with van der Waals surface area (Å²) in [7, 11) is 1.74. The van der Waals surface area contributed by atoms with Crippen LogP contribution in [-0.2, 0) is 16.6 Å². The van der Waals surface area contributed by atoms with Crippen molar-refractivity contribution in [3.63, 3.8) is 0 Å². The summed E-state index contributed by atoms with van der Waals surface area (Å²) in [5, 5.41) is 11.7. The van der Waals surface area contributed by atoms with Gasteiger partial charge in [0, 0.05) is 109 Å². The van der Waals surface area contributed by atoms with Gasteiger partial charge in [-0.05, 0) is 92.8 Å². The normalized spacial score (nSPS) is 20.8. The van der Waals surface area contributed by atoms with E-state index in [4.69, 9.17) is 16.6 Å². The van der Waals surface area contributed by atoms with Crippen LogP contribution >= 0.6 is 22.9 Å². The van der Waals surface area contributed by atoms with E-state index in [2.05, 4.69) is 73.1 Å². The summed E-state index contributed by atoms with van der Waals surface area (Å²) in [4.78, 5) is 63.8. The summed E-state index contributed by atoms with van der Waals surface area (Å²) in [5.74, 6) is -0.136. The van der Waals surface area contributed by atoms with Crippen LogP contribution in [0.1, 0.15) is 48.3 Å². The standard InChI is InChI=1S/C44H46ClN9O4S/c1-25-23-46-40-39-31-4-5-32(48-33(31)6-9-37(39)59-41(40)43(57)47-25)27-19-28(45)21-30(20-27)53-17-15-51(16-18-53)24-26-11-13-52(14-12-26)29-3-7-34-36(22-29)50(2)44(58)54(34)35-8-10-38(55)49-42(35)56/h3-7,9,19-22,25-26,35,46H,8,10-18,23-24H2,1-2H3,(H,47,57)(H,49,55,56)/t25-,35?/m1/s1. The number of aryl methyl sites for hydroxylation is 1. The molecule has 3 N–H and O–H groups in total. The first-order valence-electron chi connectivity index (χ1n) is 20.6. The molecule has 0 spiro atoms. The molecule has 15 heteroatoms. The number of halogens is 1. The predicted octanol–water partition coefficient (Wildman–Crippen LogP) is 5.98. The van der Waals surface area contributed by atoms with Crippen LogP contribution in [0.15, 0.2) is 65.5 Å². The Bertz CT molecular complexity index is 2740. The van der Waals surface area contributed by atoms with Gasteiger partial charge in [0.15, 0.2) is 0 Å². The largest absolute Gasteiger partial charge is 0.381 e. The molecule has 3 amide bonds. The molecule has 4 aliphatic rings. The van der Waals surface area contributed by atoms with Gasteiger partial charge in [-0.15, -0.1) is 11.3 Å². The van der Waals surface area contributed by atoms with Gasteiger partial charge in [-0.3, -0.25) is 33.7 Å². The van der Waals surface area contributed by atoms with E-state index >= 15 is 0 Å². The summed E-state index contributed by atoms with van der Waals surface area (Å²) in [6, 6.07) is 20.0. The summed E-state index contributed by atoms with van der Waals surface area (Å²) in [5.41, 5.74) is 7.05. The van der Waals surface area contributed by atoms with Crippen LogP contribution in [0.4, 0.5) is 17.1 Å². The number of thiophene rings is 1. The van der Waals surface area contributed by atoms with Crippen molar-refractivity contribution in [2.45, 2.75) is 44.7 Å². The molecular formula is C44H46ClN9O4S. The van der Waals surface area contributed by atoms with Crippen molar-refractivity contribution >= 4 is 89.7 Å². The molecule has 6 aromatic rings. The molecule has 304 valence electrons. The monoisotopic (exact) mass is 831 g/mol. The molecule has 4 aliphatic heterocycles. The number of amides is 3. The molecule has 0 bridgehead atoms. The second-order valence-electron chi connectivity index (χ2n) is 16.5. The fourth-order valence-electron chi connectivity index (χ4n) is 9.50. The molecule has 13 nitrogen and oxygen atoms in total. The van der Waals surface area contributed by atoms with Gasteiger partial charge in [0.05, 0.1) is 27.9 Å². The molecule has 1 unspecified atom stereocenters. The fourth-order valence-corrected chi connectivity index (χ4v) is 10.8. The maximum absolute atomic E-state index is 13.3. The zero-order valence-electron chi connectivity index (χ0n) is 33.1. The van der Waals surface area contributed by atoms with Crippen LogP contribution < -0.4 is 31.4 Å². The van der Waals surface area contributed by atoms with E-state index in [1.807, 2.05) is 25.1 Å². The first-order valence-corrected chi connectivity index (χ1v) is 21.8. The Morgan fingerprint density at radius 3 is 2.44 bits per heavy atom. The third-order valence-corrected chi connectivity index (χ3v) is 14.1. The van der Waals surface area contributed by atoms with Crippen LogP contribution in [0.25, 0.3) is 43.3 Å². The Kier molecular flexibility index (Phi) is 9.60. The number of piperazine rings is 1. The summed E-state index contributed by atoms with van der Waals surface area (Å²) in [6.45, 7) is 9.44. The number of carbonyl (C=O) groups is 3. The average Bonchev–Trinajstić information content (AvgIpc) is 3.69. The predicted molar refractivity (Wildman–Crippen MR) is 235 cm³/mol. The molecule has 0 saturated carbocycles. The van der Waals surface area contributed by atoms with Gasteiger partial charge in [-0.25, -0.2) is 9.78 Å². The highest BCUT2D eigenvalue weighted by atomic mass is 35.5. The second-order valence-corrected chi connectivity index (χ2v) is 18.0. The van der Waals surface area contributed by atoms with Crippen LogP contribution in [0.3, 0.4) is 0 Å². The number of rotatable bonds is 6. The molecule has 3 aromatic carbocycles. The van der Waals surface area contributed by atoms with Gasteiger partial charge in [0.2, 0.25) is 11.8 Å². The van der Waals surface area contributed by atoms with Crippen LogP contribution in [0, 0.1) is 5.92 Å². The second kappa shape index (κ2) is 15.0. The van der Waals surface area contributed by atoms with E-state index in [-0.39, 0.29) is 30.0 Å². The van der Waals surface area contributed by atoms with Crippen molar-refractivity contribution < 1.29 is 14.4 Å². The number of benzene rings is 3. The van der Waals surface area contributed by atoms with E-state index in [0.29, 0.717) is 34.3 Å². The molecule has 0 radical (unpaired) electrons. The number of imide groups is 1. The summed E-state index contributed by atoms with van der Waals surface area (Å²) < 4.78 is 4.21. The van der Waals surface area contributed by atoms with Crippen molar-refractivity contribution in [2.75, 3.05) is 67.5 Å². The molecule has 3 fully saturated rings. The van der Waals surface area contributed by atoms with Gasteiger partial charge in [-0.2, -0.15) is 0 Å². The van der Waals surface area contributed by atoms with Crippen molar-refractivity contribution in [1.29, 1.82) is 0 Å². The van der Waals surface area contributed by atoms with Gasteiger partial charge in [0.1, 0.15) is 10.9 Å². The highest BCUT2D eigenvalue weighted by Crippen LogP contribution is 2.42. The van der Waals surface area contributed by atoms with Gasteiger partial charge < -0.3 is 20.4 Å². The molecular weight excluding hydrogens is 786 g/mol. The number of anilines is 3. The number of pyridine rings is 1. The lowest BCUT2D eigenvalue weighted by Crippen LogP contribution is -2.49. The molecule has 3 saturated heterocycles. The Hall–Kier alpha value is -5.44. The van der Waals surface area contributed by atoms with Crippen molar-refractivity contribution in [3.8, 4) is 11.3 Å². The molecule has 2 atom stereocenters. The minimum atomic E-state index is -0.687. The lowest BCUT2D eigenvalue weighted by Gasteiger charge is -2.40. The van der Waals surface area contributed by atoms with Crippen LogP contribution in [0.2, 0.25) is 5.02 Å². The molecule has 10 rings (SSSR count). The Balaban J connectivity index is 0.775. The van der Waals surface area contributed by atoms with E-state index in [1.54, 1.807) is 11.6 Å². The van der Waals surface area contributed by atoms with E-state index in [1.165, 1.54) is 15.9 Å². The van der Waals surface area contributed by atoms with Gasteiger partial charge in [-0.1, -0.05) is 11.6 Å². The number of aromatic nitrogens is 3. The third-order valence-electron chi connectivity index (χ3n) is 12.7. The van der Waals surface area contributed by atoms with E-state index < -0.39 is 11.9 Å². The van der Waals surface area contributed by atoms with E-state index in [9.17, 15) is 19.2 Å². The molecule has 59 heavy (non-hydrogen) atoms. The first kappa shape index (κ1) is 37.8. The van der Waals surface area contributed by atoms with Crippen molar-refractivity contribution in [3.05, 3.63) is 81.0 Å². The Labute approximate surface area is 349 Å². The smallest absolute Gasteiger partial charge is 0.329 e. The molecule has 0 aliphatic carbocycles. The average molecular weight is 832 g/mol. The number of hydrogen-bond donors (Lipinski definition) is 3. The number of nitrogens with zero attached hydrogens (tertiary/aromatic N) is 6. The molecule has 3 aromatic heterocycles. The highest BCUT2D eigenvalue weighted by Gasteiger charge is 2.32. The SMILES string of the molecule is C[C@@H]1CNc2c(sc3ccc4nc(-c5cc(Cl)cc(N6CCN(CC7CCN(c8ccc9c(c8)n(C)c(=O)n9C8CCC(=O)NC8=O)CC7)CC6)c5)ccc4c23)C(=O)N1. The first-order chi connectivity index (χ1) is 28.6. The topological polar surface area (TPSA) is 137 Å². The Morgan fingerprint density at radius 1 is 0.847 bits per heavy atom. The minimum absolute atomic E-state index is 0.0324. The molecule has 7 heterocycles. The number of hydrogen-bond acceptors (Lipinski definition) is 10. The van der Waals surface area contributed by atoms with Crippen LogP contribution in [-0.4, -0.2) is 95.1 Å². The lowest BCUT2D eigenvalue weighted by atomic mass is 9.95. The maximum Gasteiger partial charge on any atom is 0.329 e. The number of imidazole rings is 1. The Morgan fingerprint density at radius 2 is 1.64 bits per heavy atom. The summed E-state index contributed by atoms with van der Waals surface area (Å²) in [6.07, 6.45) is 2.73. The zero-order valence-corrected chi connectivity index (χ0v) is 34.7. The number of carbonyl (C=O) groups excluding carboxylic acids is 3. The van der Waals surface area contributed by atoms with Gasteiger partial charge >= 0.3 is 5.69 Å². The fraction of sp³-hybridized carbons (Fsp3) is 0.386.